The van der Waals surface area contributed by atoms with Crippen LogP contribution in [0, 0.1) is 5.92 Å². The molecule has 0 spiro atoms. The molecule has 0 N–H and O–H groups in total. The minimum absolute atomic E-state index is 0.0361. The normalized spacial score (nSPS) is 14.6. The maximum atomic E-state index is 6.21. The van der Waals surface area contributed by atoms with Crippen molar-refractivity contribution in [2.45, 2.75) is 51.8 Å². The summed E-state index contributed by atoms with van der Waals surface area (Å²) in [7, 11) is 0. The van der Waals surface area contributed by atoms with Gasteiger partial charge in [-0.1, -0.05) is 34.6 Å². The van der Waals surface area contributed by atoms with Crippen molar-refractivity contribution >= 4 is 23.1 Å². The first-order valence-corrected chi connectivity index (χ1v) is 6.49. The summed E-state index contributed by atoms with van der Waals surface area (Å²) in [6.07, 6.45) is 0.826. The predicted octanol–water partition coefficient (Wildman–Crippen LogP) is 3.64. The van der Waals surface area contributed by atoms with E-state index in [1.807, 2.05) is 0 Å². The summed E-state index contributed by atoms with van der Waals surface area (Å²) in [5.74, 6) is 1.41. The van der Waals surface area contributed by atoms with E-state index in [1.165, 1.54) is 11.5 Å². The molecule has 0 radical (unpaired) electrons. The fourth-order valence-electron chi connectivity index (χ4n) is 1.04. The van der Waals surface area contributed by atoms with E-state index in [1.54, 1.807) is 0 Å². The standard InChI is InChI=1S/C11H19ClN2S/c1-7(2)8(12)6-9-13-10(14-15-9)11(3,4)5/h7-8H,6H2,1-5H3. The van der Waals surface area contributed by atoms with E-state index in [4.69, 9.17) is 11.6 Å². The van der Waals surface area contributed by atoms with Gasteiger partial charge in [0, 0.05) is 17.2 Å². The Balaban J connectivity index is 2.69. The van der Waals surface area contributed by atoms with Gasteiger partial charge in [0.15, 0.2) is 0 Å². The largest absolute Gasteiger partial charge is 0.224 e. The molecule has 0 amide bonds. The summed E-state index contributed by atoms with van der Waals surface area (Å²) in [6.45, 7) is 10.6. The molecule has 0 aliphatic carbocycles. The van der Waals surface area contributed by atoms with Gasteiger partial charge in [0.05, 0.1) is 0 Å². The van der Waals surface area contributed by atoms with Crippen LogP contribution in [0.25, 0.3) is 0 Å². The molecule has 0 aromatic carbocycles. The Hall–Kier alpha value is -0.150. The lowest BCUT2D eigenvalue weighted by atomic mass is 9.96. The smallest absolute Gasteiger partial charge is 0.147 e. The van der Waals surface area contributed by atoms with Gasteiger partial charge in [0.1, 0.15) is 10.8 Å². The number of rotatable bonds is 3. The maximum Gasteiger partial charge on any atom is 0.147 e. The van der Waals surface area contributed by atoms with Crippen LogP contribution in [0.4, 0.5) is 0 Å². The third-order valence-corrected chi connectivity index (χ3v) is 3.62. The highest BCUT2D eigenvalue weighted by molar-refractivity contribution is 7.05. The Bertz CT molecular complexity index is 315. The Morgan fingerprint density at radius 2 is 1.93 bits per heavy atom. The van der Waals surface area contributed by atoms with Crippen molar-refractivity contribution in [1.29, 1.82) is 0 Å². The highest BCUT2D eigenvalue weighted by atomic mass is 35.5. The molecule has 1 unspecified atom stereocenters. The molecule has 1 aromatic rings. The number of alkyl halides is 1. The number of nitrogens with zero attached hydrogens (tertiary/aromatic N) is 2. The van der Waals surface area contributed by atoms with Crippen LogP contribution in [-0.4, -0.2) is 14.7 Å². The molecule has 1 heterocycles. The van der Waals surface area contributed by atoms with Crippen molar-refractivity contribution in [3.63, 3.8) is 0 Å². The Morgan fingerprint density at radius 3 is 2.33 bits per heavy atom. The fourth-order valence-corrected chi connectivity index (χ4v) is 2.17. The van der Waals surface area contributed by atoms with Crippen molar-refractivity contribution in [2.75, 3.05) is 0 Å². The Labute approximate surface area is 101 Å². The molecule has 1 atom stereocenters. The van der Waals surface area contributed by atoms with Gasteiger partial charge in [0.25, 0.3) is 0 Å². The zero-order valence-electron chi connectivity index (χ0n) is 10.0. The van der Waals surface area contributed by atoms with Crippen molar-refractivity contribution < 1.29 is 0 Å². The highest BCUT2D eigenvalue weighted by Gasteiger charge is 2.21. The minimum Gasteiger partial charge on any atom is -0.224 e. The van der Waals surface area contributed by atoms with Crippen LogP contribution in [0.2, 0.25) is 0 Å². The lowest BCUT2D eigenvalue weighted by Gasteiger charge is -2.13. The summed E-state index contributed by atoms with van der Waals surface area (Å²) >= 11 is 7.69. The van der Waals surface area contributed by atoms with Crippen LogP contribution in [0.3, 0.4) is 0 Å². The molecular weight excluding hydrogens is 228 g/mol. The molecule has 0 fully saturated rings. The molecule has 0 aliphatic heterocycles. The van der Waals surface area contributed by atoms with Crippen molar-refractivity contribution in [2.24, 2.45) is 5.92 Å². The lowest BCUT2D eigenvalue weighted by molar-refractivity contribution is 0.548. The molecule has 0 bridgehead atoms. The second-order valence-corrected chi connectivity index (χ2v) is 6.62. The van der Waals surface area contributed by atoms with Crippen LogP contribution in [0.1, 0.15) is 45.5 Å². The Morgan fingerprint density at radius 1 is 1.33 bits per heavy atom. The molecule has 4 heteroatoms. The average molecular weight is 247 g/mol. The van der Waals surface area contributed by atoms with Gasteiger partial charge in [-0.25, -0.2) is 4.98 Å². The van der Waals surface area contributed by atoms with Crippen molar-refractivity contribution in [3.05, 3.63) is 10.8 Å². The quantitative estimate of drug-likeness (QED) is 0.761. The second kappa shape index (κ2) is 4.79. The minimum atomic E-state index is 0.0361. The SMILES string of the molecule is CC(C)C(Cl)Cc1nc(C(C)(C)C)ns1. The van der Waals surface area contributed by atoms with Crippen LogP contribution in [0.5, 0.6) is 0 Å². The first kappa shape index (κ1) is 12.9. The summed E-state index contributed by atoms with van der Waals surface area (Å²) in [5, 5.41) is 1.21. The number of hydrogen-bond acceptors (Lipinski definition) is 3. The molecular formula is C11H19ClN2S. The van der Waals surface area contributed by atoms with Crippen LogP contribution >= 0.6 is 23.1 Å². The first-order valence-electron chi connectivity index (χ1n) is 5.28. The van der Waals surface area contributed by atoms with E-state index >= 15 is 0 Å². The summed E-state index contributed by atoms with van der Waals surface area (Å²) < 4.78 is 4.37. The lowest BCUT2D eigenvalue weighted by Crippen LogP contribution is -2.14. The van der Waals surface area contributed by atoms with Crippen LogP contribution in [-0.2, 0) is 11.8 Å². The van der Waals surface area contributed by atoms with E-state index in [-0.39, 0.29) is 10.8 Å². The maximum absolute atomic E-state index is 6.21. The van der Waals surface area contributed by atoms with Crippen LogP contribution in [0.15, 0.2) is 0 Å². The summed E-state index contributed by atoms with van der Waals surface area (Å²) in [5.41, 5.74) is 0.0361. The predicted molar refractivity (Wildman–Crippen MR) is 66.8 cm³/mol. The fraction of sp³-hybridized carbons (Fsp3) is 0.818. The number of hydrogen-bond donors (Lipinski definition) is 0. The molecule has 0 saturated heterocycles. The zero-order chi connectivity index (χ0) is 11.6. The number of halogens is 1. The van der Waals surface area contributed by atoms with Gasteiger partial charge in [0.2, 0.25) is 0 Å². The van der Waals surface area contributed by atoms with Gasteiger partial charge in [-0.15, -0.1) is 11.6 Å². The summed E-state index contributed by atoms with van der Waals surface area (Å²) in [4.78, 5) is 4.53. The molecule has 2 nitrogen and oxygen atoms in total. The van der Waals surface area contributed by atoms with E-state index in [0.717, 1.165) is 17.3 Å². The Kier molecular flexibility index (Phi) is 4.13. The molecule has 86 valence electrons. The van der Waals surface area contributed by atoms with E-state index in [0.29, 0.717) is 5.92 Å². The third kappa shape index (κ3) is 3.72. The van der Waals surface area contributed by atoms with Crippen molar-refractivity contribution in [3.8, 4) is 0 Å². The van der Waals surface area contributed by atoms with Gasteiger partial charge in [-0.05, 0) is 17.5 Å². The molecule has 1 rings (SSSR count). The highest BCUT2D eigenvalue weighted by Crippen LogP contribution is 2.23. The molecule has 0 saturated carbocycles. The van der Waals surface area contributed by atoms with Gasteiger partial charge >= 0.3 is 0 Å². The second-order valence-electron chi connectivity index (χ2n) is 5.23. The van der Waals surface area contributed by atoms with Crippen molar-refractivity contribution in [1.82, 2.24) is 9.36 Å². The first-order chi connectivity index (χ1) is 6.80. The number of aromatic nitrogens is 2. The van der Waals surface area contributed by atoms with Gasteiger partial charge in [-0.2, -0.15) is 4.37 Å². The van der Waals surface area contributed by atoms with Crippen LogP contribution < -0.4 is 0 Å². The monoisotopic (exact) mass is 246 g/mol. The van der Waals surface area contributed by atoms with Gasteiger partial charge in [-0.3, -0.25) is 0 Å². The molecule has 15 heavy (non-hydrogen) atoms. The average Bonchev–Trinajstić information content (AvgIpc) is 2.51. The topological polar surface area (TPSA) is 25.8 Å². The zero-order valence-corrected chi connectivity index (χ0v) is 11.6. The van der Waals surface area contributed by atoms with E-state index < -0.39 is 0 Å². The molecule has 0 aliphatic rings. The third-order valence-electron chi connectivity index (χ3n) is 2.23. The van der Waals surface area contributed by atoms with Gasteiger partial charge < -0.3 is 0 Å². The summed E-state index contributed by atoms with van der Waals surface area (Å²) in [6, 6.07) is 0. The van der Waals surface area contributed by atoms with E-state index in [2.05, 4.69) is 44.0 Å². The van der Waals surface area contributed by atoms with E-state index in [9.17, 15) is 0 Å². The molecule has 1 aromatic heterocycles.